The Balaban J connectivity index is 0.901. The van der Waals surface area contributed by atoms with E-state index in [1.165, 1.54) is 18.2 Å². The van der Waals surface area contributed by atoms with Gasteiger partial charge in [-0.15, -0.1) is 0 Å². The summed E-state index contributed by atoms with van der Waals surface area (Å²) < 4.78 is 47.7. The van der Waals surface area contributed by atoms with E-state index in [1.807, 2.05) is 6.07 Å². The molecule has 0 spiro atoms. The zero-order valence-electron chi connectivity index (χ0n) is 50.2. The fourth-order valence-electron chi connectivity index (χ4n) is 15.9. The van der Waals surface area contributed by atoms with Crippen LogP contribution in [0.1, 0.15) is 5.56 Å². The number of nitrogens with zero attached hydrogens (tertiary/aromatic N) is 7. The minimum atomic E-state index is -0.743. The molecule has 6 aromatic heterocycles. The van der Waals surface area contributed by atoms with Crippen LogP contribution in [-0.2, 0) is 0 Å². The zero-order valence-corrected chi connectivity index (χ0v) is 50.2. The van der Waals surface area contributed by atoms with Crippen molar-refractivity contribution >= 4 is 131 Å². The van der Waals surface area contributed by atoms with Gasteiger partial charge in [-0.25, -0.2) is 8.78 Å². The Morgan fingerprint density at radius 1 is 0.234 bits per heavy atom. The van der Waals surface area contributed by atoms with E-state index in [1.54, 1.807) is 6.07 Å². The molecule has 94 heavy (non-hydrogen) atoms. The summed E-state index contributed by atoms with van der Waals surface area (Å²) >= 11 is 0. The molecule has 6 heterocycles. The lowest BCUT2D eigenvalue weighted by Gasteiger charge is -2.21. The molecule has 0 saturated carbocycles. The molecule has 0 aliphatic carbocycles. The van der Waals surface area contributed by atoms with E-state index in [4.69, 9.17) is 0 Å². The highest BCUT2D eigenvalue weighted by atomic mass is 19.1. The predicted molar refractivity (Wildman–Crippen MR) is 383 cm³/mol. The van der Waals surface area contributed by atoms with Crippen LogP contribution in [0.15, 0.2) is 297 Å². The molecule has 0 unspecified atom stereocenters. The molecule has 9 heteroatoms. The van der Waals surface area contributed by atoms with Gasteiger partial charge in [0.15, 0.2) is 0 Å². The number of rotatable bonds is 7. The van der Waals surface area contributed by atoms with Crippen molar-refractivity contribution in [3.8, 4) is 51.3 Å². The first-order valence-electron chi connectivity index (χ1n) is 31.6. The van der Waals surface area contributed by atoms with Crippen molar-refractivity contribution in [1.82, 2.24) is 27.4 Å². The number of hydrogen-bond acceptors (Lipinski definition) is 1. The van der Waals surface area contributed by atoms with Crippen molar-refractivity contribution < 1.29 is 8.78 Å². The van der Waals surface area contributed by atoms with Crippen LogP contribution >= 0.6 is 0 Å². The first kappa shape index (κ1) is 52.0. The summed E-state index contributed by atoms with van der Waals surface area (Å²) in [4.78, 5) is 0. The molecule has 0 aliphatic rings. The molecule has 7 nitrogen and oxygen atoms in total. The van der Waals surface area contributed by atoms with E-state index in [-0.39, 0.29) is 16.7 Å². The first-order valence-corrected chi connectivity index (χ1v) is 31.6. The van der Waals surface area contributed by atoms with E-state index in [9.17, 15) is 5.26 Å². The van der Waals surface area contributed by atoms with Crippen LogP contribution < -0.4 is 0 Å². The highest BCUT2D eigenvalue weighted by Crippen LogP contribution is 2.47. The summed E-state index contributed by atoms with van der Waals surface area (Å²) in [7, 11) is 0. The van der Waals surface area contributed by atoms with Crippen LogP contribution in [0.2, 0.25) is 0 Å². The molecular formula is C85H49F2N7. The maximum Gasteiger partial charge on any atom is 0.134 e. The van der Waals surface area contributed by atoms with Gasteiger partial charge in [0.25, 0.3) is 0 Å². The topological polar surface area (TPSA) is 53.4 Å². The number of para-hydroxylation sites is 8. The minimum Gasteiger partial charge on any atom is -0.309 e. The van der Waals surface area contributed by atoms with Gasteiger partial charge >= 0.3 is 0 Å². The maximum atomic E-state index is 17.1. The molecule has 0 radical (unpaired) electrons. The van der Waals surface area contributed by atoms with Crippen LogP contribution in [0.5, 0.6) is 0 Å². The van der Waals surface area contributed by atoms with Gasteiger partial charge in [0.1, 0.15) is 23.3 Å². The average molecular weight is 1210 g/mol. The Labute approximate surface area is 535 Å². The van der Waals surface area contributed by atoms with Gasteiger partial charge in [-0.3, -0.25) is 0 Å². The van der Waals surface area contributed by atoms with Gasteiger partial charge in [0, 0.05) is 92.9 Å². The van der Waals surface area contributed by atoms with Crippen LogP contribution in [-0.4, -0.2) is 27.4 Å². The average Bonchev–Trinajstić information content (AvgIpc) is 1.54. The Kier molecular flexibility index (Phi) is 10.9. The standard InChI is InChI=1S/C85H49F2N7/c86-69-26-17-27-70(87)84(69)63-40-45-83(93-79-41-36-51(89-71-28-9-1-18-55(71)56-19-2-10-29-72(56)89)46-64(79)65-47-52(37-42-80(65)93)90-73-30-11-3-20-57(73)58-21-4-12-31-74(58)90)68(50-88)85(63)94-81-43-38-53(91-75-32-13-5-22-59(75)60-23-6-14-33-76(60)91)48-66(81)67-49-54(39-44-82(67)94)92-77-34-15-7-24-61(77)62-25-8-16-35-78(62)92/h1-49H. The van der Waals surface area contributed by atoms with Crippen molar-refractivity contribution in [2.75, 3.05) is 0 Å². The second-order valence-corrected chi connectivity index (χ2v) is 24.5. The molecule has 438 valence electrons. The van der Waals surface area contributed by atoms with E-state index in [2.05, 4.69) is 300 Å². The lowest BCUT2D eigenvalue weighted by atomic mass is 9.97. The summed E-state index contributed by atoms with van der Waals surface area (Å²) in [5.74, 6) is -1.49. The van der Waals surface area contributed by atoms with Crippen LogP contribution in [0.4, 0.5) is 8.78 Å². The quantitative estimate of drug-likeness (QED) is 0.157. The van der Waals surface area contributed by atoms with Crippen molar-refractivity contribution in [3.05, 3.63) is 314 Å². The number of hydrogen-bond donors (Lipinski definition) is 0. The molecule has 14 aromatic carbocycles. The lowest BCUT2D eigenvalue weighted by molar-refractivity contribution is 0.589. The van der Waals surface area contributed by atoms with Crippen molar-refractivity contribution in [1.29, 1.82) is 5.26 Å². The zero-order chi connectivity index (χ0) is 62.0. The van der Waals surface area contributed by atoms with E-state index in [0.29, 0.717) is 11.4 Å². The number of nitriles is 1. The molecule has 0 N–H and O–H groups in total. The summed E-state index contributed by atoms with van der Waals surface area (Å²) in [5, 5.41) is 25.3. The fraction of sp³-hybridized carbons (Fsp3) is 0. The molecule has 0 fully saturated rings. The molecule has 0 amide bonds. The normalized spacial score (nSPS) is 12.1. The van der Waals surface area contributed by atoms with Crippen molar-refractivity contribution in [2.45, 2.75) is 0 Å². The third-order valence-corrected chi connectivity index (χ3v) is 19.8. The fourth-order valence-corrected chi connectivity index (χ4v) is 15.9. The summed E-state index contributed by atoms with van der Waals surface area (Å²) in [6.45, 7) is 0. The molecular weight excluding hydrogens is 1160 g/mol. The summed E-state index contributed by atoms with van der Waals surface area (Å²) in [6.07, 6.45) is 0. The highest BCUT2D eigenvalue weighted by molar-refractivity contribution is 6.17. The number of benzene rings is 14. The third-order valence-electron chi connectivity index (χ3n) is 19.8. The molecule has 0 bridgehead atoms. The SMILES string of the molecule is N#Cc1c(-n2c3ccc(-n4c5ccccc5c5ccccc54)cc3c3cc(-n4c5ccccc5c5ccccc54)ccc32)ccc(-c2c(F)cccc2F)c1-n1c2ccc(-n3c4ccccc4c4ccccc43)cc2c2cc(-n3c4ccccc4c4ccccc43)ccc21. The monoisotopic (exact) mass is 1210 g/mol. The van der Waals surface area contributed by atoms with E-state index >= 15 is 8.78 Å². The predicted octanol–water partition coefficient (Wildman–Crippen LogP) is 22.1. The third kappa shape index (κ3) is 7.16. The Morgan fingerprint density at radius 2 is 0.489 bits per heavy atom. The van der Waals surface area contributed by atoms with Gasteiger partial charge in [0.2, 0.25) is 0 Å². The number of fused-ring (bicyclic) bond motifs is 18. The van der Waals surface area contributed by atoms with E-state index < -0.39 is 11.6 Å². The van der Waals surface area contributed by atoms with Crippen LogP contribution in [0.3, 0.4) is 0 Å². The molecule has 0 aliphatic heterocycles. The number of aromatic nitrogens is 6. The largest absolute Gasteiger partial charge is 0.309 e. The van der Waals surface area contributed by atoms with Gasteiger partial charge in [-0.1, -0.05) is 152 Å². The molecule has 20 rings (SSSR count). The number of halogens is 2. The minimum absolute atomic E-state index is 0.229. The molecule has 20 aromatic rings. The van der Waals surface area contributed by atoms with Crippen LogP contribution in [0, 0.1) is 23.0 Å². The second-order valence-electron chi connectivity index (χ2n) is 24.5. The Morgan fingerprint density at radius 3 is 0.766 bits per heavy atom. The maximum absolute atomic E-state index is 17.1. The van der Waals surface area contributed by atoms with Gasteiger partial charge < -0.3 is 27.4 Å². The molecule has 0 saturated heterocycles. The highest BCUT2D eigenvalue weighted by Gasteiger charge is 2.29. The second kappa shape index (κ2) is 19.6. The smallest absolute Gasteiger partial charge is 0.134 e. The van der Waals surface area contributed by atoms with Gasteiger partial charge in [-0.05, 0) is 146 Å². The van der Waals surface area contributed by atoms with Crippen molar-refractivity contribution in [2.24, 2.45) is 0 Å². The lowest BCUT2D eigenvalue weighted by Crippen LogP contribution is -2.07. The van der Waals surface area contributed by atoms with Crippen molar-refractivity contribution in [3.63, 3.8) is 0 Å². The first-order chi connectivity index (χ1) is 46.5. The Hall–Kier alpha value is -12.8. The summed E-state index contributed by atoms with van der Waals surface area (Å²) in [6, 6.07) is 105. The van der Waals surface area contributed by atoms with Crippen LogP contribution in [0.25, 0.3) is 176 Å². The Bertz CT molecular complexity index is 6160. The van der Waals surface area contributed by atoms with E-state index in [0.717, 1.165) is 154 Å². The van der Waals surface area contributed by atoms with Gasteiger partial charge in [0.05, 0.1) is 83.1 Å². The van der Waals surface area contributed by atoms with Gasteiger partial charge in [-0.2, -0.15) is 5.26 Å². The molecule has 0 atom stereocenters. The summed E-state index contributed by atoms with van der Waals surface area (Å²) in [5.41, 5.74) is 16.7.